The topological polar surface area (TPSA) is 64.0 Å². The van der Waals surface area contributed by atoms with Crippen molar-refractivity contribution in [3.63, 3.8) is 0 Å². The molecule has 0 saturated carbocycles. The summed E-state index contributed by atoms with van der Waals surface area (Å²) in [6, 6.07) is 5.86. The molecule has 0 spiro atoms. The molecule has 0 fully saturated rings. The van der Waals surface area contributed by atoms with Gasteiger partial charge in [0.2, 0.25) is 5.91 Å². The molecule has 1 aromatic heterocycles. The number of amides is 1. The van der Waals surface area contributed by atoms with Crippen LogP contribution in [-0.2, 0) is 11.3 Å². The first-order valence-corrected chi connectivity index (χ1v) is 8.52. The van der Waals surface area contributed by atoms with E-state index in [0.29, 0.717) is 23.0 Å². The SMILES string of the molecule is Cc1cccc(NC(=O)C2CSc3ncc(C)c(=O)n3C2)c1C. The van der Waals surface area contributed by atoms with Gasteiger partial charge in [-0.3, -0.25) is 14.2 Å². The molecule has 0 saturated heterocycles. The summed E-state index contributed by atoms with van der Waals surface area (Å²) in [4.78, 5) is 29.1. The van der Waals surface area contributed by atoms with Crippen molar-refractivity contribution in [1.29, 1.82) is 0 Å². The highest BCUT2D eigenvalue weighted by atomic mass is 32.2. The van der Waals surface area contributed by atoms with Gasteiger partial charge in [0.05, 0.1) is 5.92 Å². The van der Waals surface area contributed by atoms with Crippen LogP contribution in [0.2, 0.25) is 0 Å². The highest BCUT2D eigenvalue weighted by molar-refractivity contribution is 7.99. The Hall–Kier alpha value is -2.08. The maximum absolute atomic E-state index is 12.6. The predicted octanol–water partition coefficient (Wildman–Crippen LogP) is 2.53. The number of carbonyl (C=O) groups excluding carboxylic acids is 1. The Morgan fingerprint density at radius 3 is 2.87 bits per heavy atom. The first-order chi connectivity index (χ1) is 11.0. The largest absolute Gasteiger partial charge is 0.326 e. The van der Waals surface area contributed by atoms with Crippen LogP contribution < -0.4 is 10.9 Å². The maximum Gasteiger partial charge on any atom is 0.257 e. The van der Waals surface area contributed by atoms with Gasteiger partial charge >= 0.3 is 0 Å². The van der Waals surface area contributed by atoms with Crippen LogP contribution in [0, 0.1) is 26.7 Å². The molecule has 3 rings (SSSR count). The van der Waals surface area contributed by atoms with Gasteiger partial charge in [0, 0.05) is 29.7 Å². The molecule has 2 aromatic rings. The fourth-order valence-electron chi connectivity index (χ4n) is 2.58. The zero-order chi connectivity index (χ0) is 16.6. The van der Waals surface area contributed by atoms with Crippen LogP contribution in [-0.4, -0.2) is 21.2 Å². The molecule has 1 N–H and O–H groups in total. The molecule has 120 valence electrons. The van der Waals surface area contributed by atoms with Crippen molar-refractivity contribution in [3.05, 3.63) is 51.4 Å². The number of aromatic nitrogens is 2. The molecule has 1 unspecified atom stereocenters. The van der Waals surface area contributed by atoms with Crippen LogP contribution >= 0.6 is 11.8 Å². The van der Waals surface area contributed by atoms with Gasteiger partial charge in [-0.05, 0) is 38.0 Å². The molecule has 23 heavy (non-hydrogen) atoms. The summed E-state index contributed by atoms with van der Waals surface area (Å²) in [5.74, 6) is 0.339. The highest BCUT2D eigenvalue weighted by Crippen LogP contribution is 2.26. The van der Waals surface area contributed by atoms with Crippen molar-refractivity contribution in [2.24, 2.45) is 5.92 Å². The standard InChI is InChI=1S/C17H19N3O2S/c1-10-5-4-6-14(12(10)3)19-15(21)13-8-20-16(22)11(2)7-18-17(20)23-9-13/h4-7,13H,8-9H2,1-3H3,(H,19,21). The molecule has 1 aromatic carbocycles. The lowest BCUT2D eigenvalue weighted by atomic mass is 10.1. The van der Waals surface area contributed by atoms with E-state index >= 15 is 0 Å². The van der Waals surface area contributed by atoms with Crippen molar-refractivity contribution in [3.8, 4) is 0 Å². The predicted molar refractivity (Wildman–Crippen MR) is 92.0 cm³/mol. The molecule has 1 amide bonds. The third-order valence-electron chi connectivity index (χ3n) is 4.23. The van der Waals surface area contributed by atoms with Crippen LogP contribution in [0.4, 0.5) is 5.69 Å². The molecule has 1 atom stereocenters. The summed E-state index contributed by atoms with van der Waals surface area (Å²) in [7, 11) is 0. The lowest BCUT2D eigenvalue weighted by Gasteiger charge is -2.24. The maximum atomic E-state index is 12.6. The molecule has 1 aliphatic heterocycles. The van der Waals surface area contributed by atoms with E-state index in [9.17, 15) is 9.59 Å². The number of benzene rings is 1. The Morgan fingerprint density at radius 2 is 2.09 bits per heavy atom. The number of carbonyl (C=O) groups is 1. The summed E-state index contributed by atoms with van der Waals surface area (Å²) in [5.41, 5.74) is 3.58. The van der Waals surface area contributed by atoms with Gasteiger partial charge in [0.15, 0.2) is 5.16 Å². The third kappa shape index (κ3) is 3.03. The number of rotatable bonds is 2. The monoisotopic (exact) mass is 329 g/mol. The smallest absolute Gasteiger partial charge is 0.257 e. The minimum absolute atomic E-state index is 0.0507. The molecular weight excluding hydrogens is 310 g/mol. The van der Waals surface area contributed by atoms with Crippen molar-refractivity contribution >= 4 is 23.4 Å². The summed E-state index contributed by atoms with van der Waals surface area (Å²) in [6.45, 7) is 6.14. The number of fused-ring (bicyclic) bond motifs is 1. The van der Waals surface area contributed by atoms with Gasteiger partial charge in [0.25, 0.3) is 5.56 Å². The van der Waals surface area contributed by atoms with Crippen molar-refractivity contribution in [1.82, 2.24) is 9.55 Å². The van der Waals surface area contributed by atoms with Gasteiger partial charge in [-0.25, -0.2) is 4.98 Å². The molecule has 6 heteroatoms. The summed E-state index contributed by atoms with van der Waals surface area (Å²) < 4.78 is 1.61. The van der Waals surface area contributed by atoms with E-state index in [4.69, 9.17) is 0 Å². The number of nitrogens with one attached hydrogen (secondary N) is 1. The second-order valence-electron chi connectivity index (χ2n) is 5.88. The van der Waals surface area contributed by atoms with E-state index in [1.807, 2.05) is 32.0 Å². The van der Waals surface area contributed by atoms with E-state index < -0.39 is 0 Å². The van der Waals surface area contributed by atoms with Crippen LogP contribution in [0.1, 0.15) is 16.7 Å². The summed E-state index contributed by atoms with van der Waals surface area (Å²) in [6.07, 6.45) is 1.59. The van der Waals surface area contributed by atoms with E-state index in [1.54, 1.807) is 17.7 Å². The second-order valence-corrected chi connectivity index (χ2v) is 6.87. The Balaban J connectivity index is 1.81. The number of thioether (sulfide) groups is 1. The van der Waals surface area contributed by atoms with Crippen molar-refractivity contribution in [2.75, 3.05) is 11.1 Å². The van der Waals surface area contributed by atoms with E-state index in [-0.39, 0.29) is 17.4 Å². The Labute approximate surface area is 139 Å². The fraction of sp³-hybridized carbons (Fsp3) is 0.353. The van der Waals surface area contributed by atoms with E-state index in [1.165, 1.54) is 11.8 Å². The van der Waals surface area contributed by atoms with E-state index in [0.717, 1.165) is 16.8 Å². The van der Waals surface area contributed by atoms with Gasteiger partial charge in [-0.15, -0.1) is 0 Å². The Morgan fingerprint density at radius 1 is 1.30 bits per heavy atom. The number of hydrogen-bond donors (Lipinski definition) is 1. The van der Waals surface area contributed by atoms with Crippen molar-refractivity contribution < 1.29 is 4.79 Å². The fourth-order valence-corrected chi connectivity index (χ4v) is 3.63. The molecule has 0 bridgehead atoms. The zero-order valence-electron chi connectivity index (χ0n) is 13.4. The molecule has 1 aliphatic rings. The summed E-state index contributed by atoms with van der Waals surface area (Å²) in [5, 5.41) is 3.69. The number of hydrogen-bond acceptors (Lipinski definition) is 4. The molecule has 0 radical (unpaired) electrons. The van der Waals surface area contributed by atoms with Crippen molar-refractivity contribution in [2.45, 2.75) is 32.5 Å². The van der Waals surface area contributed by atoms with Crippen LogP contribution in [0.15, 0.2) is 34.3 Å². The molecule has 5 nitrogen and oxygen atoms in total. The minimum atomic E-state index is -0.242. The number of aryl methyl sites for hydroxylation is 2. The number of anilines is 1. The van der Waals surface area contributed by atoms with Gasteiger partial charge in [0.1, 0.15) is 0 Å². The Bertz CT molecular complexity index is 829. The zero-order valence-corrected chi connectivity index (χ0v) is 14.2. The molecular formula is C17H19N3O2S. The van der Waals surface area contributed by atoms with Gasteiger partial charge < -0.3 is 5.32 Å². The Kier molecular flexibility index (Phi) is 4.26. The quantitative estimate of drug-likeness (QED) is 0.860. The third-order valence-corrected chi connectivity index (χ3v) is 5.38. The second kappa shape index (κ2) is 6.20. The number of nitrogens with zero attached hydrogens (tertiary/aromatic N) is 2. The first-order valence-electron chi connectivity index (χ1n) is 7.53. The normalized spacial score (nSPS) is 16.7. The lowest BCUT2D eigenvalue weighted by molar-refractivity contribution is -0.119. The highest BCUT2D eigenvalue weighted by Gasteiger charge is 2.27. The first kappa shape index (κ1) is 15.8. The van der Waals surface area contributed by atoms with Gasteiger partial charge in [-0.1, -0.05) is 23.9 Å². The molecule has 0 aliphatic carbocycles. The van der Waals surface area contributed by atoms with Crippen LogP contribution in [0.25, 0.3) is 0 Å². The average molecular weight is 329 g/mol. The van der Waals surface area contributed by atoms with E-state index in [2.05, 4.69) is 10.3 Å². The average Bonchev–Trinajstić information content (AvgIpc) is 2.55. The van der Waals surface area contributed by atoms with Gasteiger partial charge in [-0.2, -0.15) is 0 Å². The lowest BCUT2D eigenvalue weighted by Crippen LogP contribution is -2.37. The van der Waals surface area contributed by atoms with Crippen LogP contribution in [0.5, 0.6) is 0 Å². The molecule has 2 heterocycles. The minimum Gasteiger partial charge on any atom is -0.326 e. The van der Waals surface area contributed by atoms with Crippen LogP contribution in [0.3, 0.4) is 0 Å². The summed E-state index contributed by atoms with van der Waals surface area (Å²) >= 11 is 1.46.